The molecule has 1 aromatic carbocycles. The number of ether oxygens (including phenoxy) is 4. The molecule has 0 amide bonds. The van der Waals surface area contributed by atoms with Crippen LogP contribution in [0, 0.1) is 0 Å². The SMILES string of the molecule is COc1cc(-c2c3cnn(C(C)C)c3nc3[nH]c(=O)n(C)c23)c(OC)c2c1OCO2. The monoisotopic (exact) mass is 411 g/mol. The summed E-state index contributed by atoms with van der Waals surface area (Å²) in [7, 11) is 4.83. The number of benzene rings is 1. The molecule has 0 atom stereocenters. The zero-order chi connectivity index (χ0) is 21.2. The second-order valence-corrected chi connectivity index (χ2v) is 7.32. The first-order valence-electron chi connectivity index (χ1n) is 9.47. The molecule has 0 aliphatic carbocycles. The lowest BCUT2D eigenvalue weighted by atomic mass is 10.00. The van der Waals surface area contributed by atoms with Crippen LogP contribution in [0.5, 0.6) is 23.0 Å². The number of hydrogen-bond donors (Lipinski definition) is 1. The van der Waals surface area contributed by atoms with Gasteiger partial charge in [-0.05, 0) is 19.9 Å². The van der Waals surface area contributed by atoms with Gasteiger partial charge >= 0.3 is 5.69 Å². The quantitative estimate of drug-likeness (QED) is 0.550. The molecule has 0 saturated heterocycles. The highest BCUT2D eigenvalue weighted by Crippen LogP contribution is 2.54. The molecule has 30 heavy (non-hydrogen) atoms. The van der Waals surface area contributed by atoms with Crippen molar-refractivity contribution >= 4 is 22.2 Å². The number of pyridine rings is 1. The van der Waals surface area contributed by atoms with Crippen molar-refractivity contribution < 1.29 is 18.9 Å². The van der Waals surface area contributed by atoms with Crippen LogP contribution in [0.4, 0.5) is 0 Å². The summed E-state index contributed by atoms with van der Waals surface area (Å²) in [6, 6.07) is 1.91. The third kappa shape index (κ3) is 2.33. The molecule has 5 rings (SSSR count). The minimum absolute atomic E-state index is 0.0700. The van der Waals surface area contributed by atoms with Crippen LogP contribution in [0.25, 0.3) is 33.3 Å². The highest BCUT2D eigenvalue weighted by molar-refractivity contribution is 6.08. The molecule has 10 heteroatoms. The Labute approximate surface area is 170 Å². The molecule has 4 aromatic rings. The summed E-state index contributed by atoms with van der Waals surface area (Å²) in [5, 5.41) is 5.31. The molecule has 10 nitrogen and oxygen atoms in total. The molecule has 0 fully saturated rings. The fourth-order valence-electron chi connectivity index (χ4n) is 3.95. The van der Waals surface area contributed by atoms with Crippen LogP contribution in [0.3, 0.4) is 0 Å². The van der Waals surface area contributed by atoms with Crippen LogP contribution in [0.1, 0.15) is 19.9 Å². The summed E-state index contributed by atoms with van der Waals surface area (Å²) in [6.07, 6.45) is 1.76. The van der Waals surface area contributed by atoms with E-state index < -0.39 is 0 Å². The largest absolute Gasteiger partial charge is 0.493 e. The van der Waals surface area contributed by atoms with Gasteiger partial charge in [-0.3, -0.25) is 9.55 Å². The molecule has 0 saturated carbocycles. The van der Waals surface area contributed by atoms with Gasteiger partial charge in [0, 0.05) is 29.6 Å². The number of fused-ring (bicyclic) bond motifs is 3. The Balaban J connectivity index is 1.99. The zero-order valence-corrected chi connectivity index (χ0v) is 17.3. The number of aromatic amines is 1. The van der Waals surface area contributed by atoms with Gasteiger partial charge < -0.3 is 18.9 Å². The van der Waals surface area contributed by atoms with Crippen molar-refractivity contribution in [2.75, 3.05) is 21.0 Å². The summed E-state index contributed by atoms with van der Waals surface area (Å²) in [5.74, 6) is 1.94. The Kier molecular flexibility index (Phi) is 3.92. The first kappa shape index (κ1) is 18.3. The lowest BCUT2D eigenvalue weighted by molar-refractivity contribution is 0.168. The second kappa shape index (κ2) is 6.41. The number of aryl methyl sites for hydroxylation is 1. The number of nitrogens with one attached hydrogen (secondary N) is 1. The number of nitrogens with zero attached hydrogens (tertiary/aromatic N) is 4. The van der Waals surface area contributed by atoms with E-state index in [4.69, 9.17) is 23.9 Å². The Hall–Kier alpha value is -3.69. The number of rotatable bonds is 4. The fraction of sp³-hybridized carbons (Fsp3) is 0.350. The number of hydrogen-bond acceptors (Lipinski definition) is 7. The van der Waals surface area contributed by atoms with E-state index in [-0.39, 0.29) is 18.5 Å². The van der Waals surface area contributed by atoms with Crippen LogP contribution < -0.4 is 24.6 Å². The van der Waals surface area contributed by atoms with Crippen molar-refractivity contribution in [3.05, 3.63) is 22.7 Å². The van der Waals surface area contributed by atoms with Gasteiger partial charge in [0.15, 0.2) is 22.8 Å². The molecular formula is C20H21N5O5. The molecule has 156 valence electrons. The molecule has 1 aliphatic rings. The first-order valence-corrected chi connectivity index (χ1v) is 9.47. The van der Waals surface area contributed by atoms with Crippen molar-refractivity contribution in [3.8, 4) is 34.1 Å². The number of H-pyrrole nitrogens is 1. The lowest BCUT2D eigenvalue weighted by Crippen LogP contribution is -2.12. The molecule has 1 aliphatic heterocycles. The van der Waals surface area contributed by atoms with Crippen molar-refractivity contribution in [3.63, 3.8) is 0 Å². The van der Waals surface area contributed by atoms with E-state index in [2.05, 4.69) is 10.1 Å². The van der Waals surface area contributed by atoms with Gasteiger partial charge in [0.05, 0.1) is 25.9 Å². The van der Waals surface area contributed by atoms with Crippen LogP contribution in [-0.4, -0.2) is 45.3 Å². The molecule has 3 aromatic heterocycles. The van der Waals surface area contributed by atoms with Crippen LogP contribution in [-0.2, 0) is 7.05 Å². The number of aromatic nitrogens is 5. The van der Waals surface area contributed by atoms with Crippen LogP contribution >= 0.6 is 0 Å². The van der Waals surface area contributed by atoms with Crippen LogP contribution in [0.15, 0.2) is 17.1 Å². The average Bonchev–Trinajstić information content (AvgIpc) is 3.43. The Morgan fingerprint density at radius 1 is 1.20 bits per heavy atom. The summed E-state index contributed by atoms with van der Waals surface area (Å²) in [6.45, 7) is 4.12. The Bertz CT molecular complexity index is 1360. The third-order valence-corrected chi connectivity index (χ3v) is 5.33. The van der Waals surface area contributed by atoms with E-state index in [1.165, 1.54) is 4.57 Å². The Morgan fingerprint density at radius 3 is 2.67 bits per heavy atom. The number of methoxy groups -OCH3 is 2. The Morgan fingerprint density at radius 2 is 1.97 bits per heavy atom. The maximum Gasteiger partial charge on any atom is 0.327 e. The summed E-state index contributed by atoms with van der Waals surface area (Å²) < 4.78 is 25.9. The highest BCUT2D eigenvalue weighted by atomic mass is 16.7. The van der Waals surface area contributed by atoms with Crippen molar-refractivity contribution in [2.45, 2.75) is 19.9 Å². The third-order valence-electron chi connectivity index (χ3n) is 5.33. The molecule has 0 bridgehead atoms. The van der Waals surface area contributed by atoms with Gasteiger partial charge in [0.1, 0.15) is 0 Å². The maximum atomic E-state index is 12.5. The van der Waals surface area contributed by atoms with E-state index >= 15 is 0 Å². The second-order valence-electron chi connectivity index (χ2n) is 7.32. The standard InChI is InChI=1S/C20H21N5O5/c1-9(2)25-19-11(7-21-25)13(14-18(22-19)23-20(26)24(14)3)10-6-12(27-4)16-17(15(10)28-5)30-8-29-16/h6-7,9H,8H2,1-5H3,(H,22,23,26). The first-order chi connectivity index (χ1) is 14.5. The predicted molar refractivity (Wildman–Crippen MR) is 110 cm³/mol. The smallest absolute Gasteiger partial charge is 0.327 e. The molecule has 0 unspecified atom stereocenters. The van der Waals surface area contributed by atoms with Gasteiger partial charge in [-0.2, -0.15) is 5.10 Å². The van der Waals surface area contributed by atoms with Crippen molar-refractivity contribution in [1.29, 1.82) is 0 Å². The van der Waals surface area contributed by atoms with E-state index in [1.54, 1.807) is 27.5 Å². The maximum absolute atomic E-state index is 12.5. The highest BCUT2D eigenvalue weighted by Gasteiger charge is 2.30. The van der Waals surface area contributed by atoms with Gasteiger partial charge in [-0.25, -0.2) is 14.5 Å². The van der Waals surface area contributed by atoms with Gasteiger partial charge in [-0.1, -0.05) is 0 Å². The molecular weight excluding hydrogens is 390 g/mol. The van der Waals surface area contributed by atoms with E-state index in [1.807, 2.05) is 24.6 Å². The van der Waals surface area contributed by atoms with Crippen molar-refractivity contribution in [2.24, 2.45) is 7.05 Å². The summed E-state index contributed by atoms with van der Waals surface area (Å²) >= 11 is 0. The molecule has 1 N–H and O–H groups in total. The fourth-order valence-corrected chi connectivity index (χ4v) is 3.95. The molecule has 4 heterocycles. The van der Waals surface area contributed by atoms with Crippen LogP contribution in [0.2, 0.25) is 0 Å². The zero-order valence-electron chi connectivity index (χ0n) is 17.3. The summed E-state index contributed by atoms with van der Waals surface area (Å²) in [4.78, 5) is 20.0. The van der Waals surface area contributed by atoms with Crippen molar-refractivity contribution in [1.82, 2.24) is 24.3 Å². The normalized spacial score (nSPS) is 13.0. The summed E-state index contributed by atoms with van der Waals surface area (Å²) in [5.41, 5.74) is 2.93. The topological polar surface area (TPSA) is 105 Å². The van der Waals surface area contributed by atoms with E-state index in [0.717, 1.165) is 10.9 Å². The van der Waals surface area contributed by atoms with E-state index in [9.17, 15) is 4.79 Å². The predicted octanol–water partition coefficient (Wildman–Crippen LogP) is 2.61. The molecule has 0 spiro atoms. The van der Waals surface area contributed by atoms with Gasteiger partial charge in [0.2, 0.25) is 18.3 Å². The lowest BCUT2D eigenvalue weighted by Gasteiger charge is -2.16. The molecule has 0 radical (unpaired) electrons. The minimum atomic E-state index is -0.262. The number of imidazole rings is 1. The van der Waals surface area contributed by atoms with E-state index in [0.29, 0.717) is 45.4 Å². The van der Waals surface area contributed by atoms with Gasteiger partial charge in [-0.15, -0.1) is 0 Å². The van der Waals surface area contributed by atoms with Gasteiger partial charge in [0.25, 0.3) is 0 Å². The average molecular weight is 411 g/mol. The minimum Gasteiger partial charge on any atom is -0.493 e.